The molecule has 0 radical (unpaired) electrons. The van der Waals surface area contributed by atoms with Gasteiger partial charge in [-0.2, -0.15) is 0 Å². The van der Waals surface area contributed by atoms with E-state index >= 15 is 0 Å². The van der Waals surface area contributed by atoms with Crippen molar-refractivity contribution in [2.45, 2.75) is 19.9 Å². The van der Waals surface area contributed by atoms with Crippen LogP contribution >= 0.6 is 0 Å². The van der Waals surface area contributed by atoms with Gasteiger partial charge in [0.15, 0.2) is 11.5 Å². The van der Waals surface area contributed by atoms with Gasteiger partial charge in [-0.05, 0) is 43.7 Å². The Kier molecular flexibility index (Phi) is 6.54. The topological polar surface area (TPSA) is 68.8 Å². The van der Waals surface area contributed by atoms with E-state index in [4.69, 9.17) is 14.2 Å². The van der Waals surface area contributed by atoms with Crippen molar-refractivity contribution in [3.63, 3.8) is 0 Å². The Balaban J connectivity index is 1.36. The van der Waals surface area contributed by atoms with Gasteiger partial charge >= 0.3 is 0 Å². The molecule has 27 heavy (non-hydrogen) atoms. The van der Waals surface area contributed by atoms with Crippen molar-refractivity contribution in [3.8, 4) is 17.2 Å². The lowest BCUT2D eigenvalue weighted by atomic mass is 10.1. The molecule has 2 N–H and O–H groups in total. The Labute approximate surface area is 159 Å². The number of amides is 1. The minimum Gasteiger partial charge on any atom is -0.492 e. The number of carbonyl (C=O) groups is 1. The second kappa shape index (κ2) is 9.28. The summed E-state index contributed by atoms with van der Waals surface area (Å²) in [7, 11) is 0. The molecule has 6 nitrogen and oxygen atoms in total. The van der Waals surface area contributed by atoms with E-state index in [2.05, 4.69) is 10.6 Å². The van der Waals surface area contributed by atoms with Gasteiger partial charge in [0.25, 0.3) is 0 Å². The van der Waals surface area contributed by atoms with E-state index in [1.807, 2.05) is 56.3 Å². The van der Waals surface area contributed by atoms with Gasteiger partial charge in [-0.15, -0.1) is 0 Å². The van der Waals surface area contributed by atoms with Crippen molar-refractivity contribution in [2.75, 3.05) is 32.9 Å². The van der Waals surface area contributed by atoms with Gasteiger partial charge in [0, 0.05) is 6.54 Å². The van der Waals surface area contributed by atoms with E-state index in [1.54, 1.807) is 0 Å². The first-order chi connectivity index (χ1) is 13.1. The fourth-order valence-electron chi connectivity index (χ4n) is 2.78. The second-order valence-corrected chi connectivity index (χ2v) is 6.53. The molecule has 0 aromatic heterocycles. The van der Waals surface area contributed by atoms with Crippen molar-refractivity contribution in [3.05, 3.63) is 53.6 Å². The molecule has 1 atom stereocenters. The SMILES string of the molecule is Cc1ccc(OCCNCC(=O)N[C@@H](C)c2ccc3c(c2)OCCO3)cc1. The van der Waals surface area contributed by atoms with Crippen molar-refractivity contribution < 1.29 is 19.0 Å². The van der Waals surface area contributed by atoms with Gasteiger partial charge in [-0.1, -0.05) is 23.8 Å². The highest BCUT2D eigenvalue weighted by molar-refractivity contribution is 5.78. The summed E-state index contributed by atoms with van der Waals surface area (Å²) in [5.74, 6) is 2.25. The van der Waals surface area contributed by atoms with Crippen molar-refractivity contribution in [2.24, 2.45) is 0 Å². The molecule has 0 saturated heterocycles. The fraction of sp³-hybridized carbons (Fsp3) is 0.381. The Hall–Kier alpha value is -2.73. The van der Waals surface area contributed by atoms with Crippen LogP contribution in [0.1, 0.15) is 24.1 Å². The summed E-state index contributed by atoms with van der Waals surface area (Å²) in [5.41, 5.74) is 2.18. The number of carbonyl (C=O) groups excluding carboxylic acids is 1. The average Bonchev–Trinajstić information content (AvgIpc) is 2.68. The third-order valence-corrected chi connectivity index (χ3v) is 4.30. The summed E-state index contributed by atoms with van der Waals surface area (Å²) in [6, 6.07) is 13.5. The highest BCUT2D eigenvalue weighted by Gasteiger charge is 2.15. The molecular formula is C21H26N2O4. The third kappa shape index (κ3) is 5.62. The normalized spacial score (nSPS) is 13.7. The quantitative estimate of drug-likeness (QED) is 0.699. The van der Waals surface area contributed by atoms with E-state index in [0.717, 1.165) is 22.8 Å². The maximum Gasteiger partial charge on any atom is 0.234 e. The summed E-state index contributed by atoms with van der Waals surface area (Å²) in [4.78, 5) is 12.1. The number of aryl methyl sites for hydroxylation is 1. The van der Waals surface area contributed by atoms with E-state index in [0.29, 0.717) is 26.4 Å². The number of ether oxygens (including phenoxy) is 3. The predicted octanol–water partition coefficient (Wildman–Crippen LogP) is 2.61. The molecule has 1 aliphatic heterocycles. The van der Waals surface area contributed by atoms with Crippen molar-refractivity contribution in [1.29, 1.82) is 0 Å². The zero-order valence-corrected chi connectivity index (χ0v) is 15.8. The molecule has 6 heteroatoms. The van der Waals surface area contributed by atoms with Crippen molar-refractivity contribution >= 4 is 5.91 Å². The Bertz CT molecular complexity index is 761. The molecule has 0 saturated carbocycles. The number of rotatable bonds is 8. The second-order valence-electron chi connectivity index (χ2n) is 6.53. The average molecular weight is 370 g/mol. The van der Waals surface area contributed by atoms with E-state index in [1.165, 1.54) is 5.56 Å². The maximum atomic E-state index is 12.1. The van der Waals surface area contributed by atoms with Crippen LogP contribution in [0.25, 0.3) is 0 Å². The van der Waals surface area contributed by atoms with Gasteiger partial charge in [-0.3, -0.25) is 4.79 Å². The van der Waals surface area contributed by atoms with Crippen LogP contribution < -0.4 is 24.8 Å². The summed E-state index contributed by atoms with van der Waals surface area (Å²) in [5, 5.41) is 6.07. The molecule has 3 rings (SSSR count). The van der Waals surface area contributed by atoms with Crippen LogP contribution in [0.4, 0.5) is 0 Å². The molecule has 144 valence electrons. The smallest absolute Gasteiger partial charge is 0.234 e. The van der Waals surface area contributed by atoms with E-state index < -0.39 is 0 Å². The summed E-state index contributed by atoms with van der Waals surface area (Å²) >= 11 is 0. The van der Waals surface area contributed by atoms with Gasteiger partial charge < -0.3 is 24.8 Å². The number of nitrogens with one attached hydrogen (secondary N) is 2. The molecule has 0 spiro atoms. The lowest BCUT2D eigenvalue weighted by Crippen LogP contribution is -2.36. The predicted molar refractivity (Wildman–Crippen MR) is 104 cm³/mol. The number of benzene rings is 2. The van der Waals surface area contributed by atoms with Crippen LogP contribution in [0, 0.1) is 6.92 Å². The third-order valence-electron chi connectivity index (χ3n) is 4.30. The Morgan fingerprint density at radius 2 is 1.85 bits per heavy atom. The standard InChI is InChI=1S/C21H26N2O4/c1-15-3-6-18(7-4-15)25-10-9-22-14-21(24)23-16(2)17-5-8-19-20(13-17)27-12-11-26-19/h3-8,13,16,22H,9-12,14H2,1-2H3,(H,23,24)/t16-/m0/s1. The monoisotopic (exact) mass is 370 g/mol. The van der Waals surface area contributed by atoms with Crippen LogP contribution in [0.3, 0.4) is 0 Å². The largest absolute Gasteiger partial charge is 0.492 e. The van der Waals surface area contributed by atoms with Crippen LogP contribution in [0.2, 0.25) is 0 Å². The molecule has 0 fully saturated rings. The van der Waals surface area contributed by atoms with E-state index in [-0.39, 0.29) is 18.5 Å². The molecule has 0 aliphatic carbocycles. The molecule has 2 aromatic carbocycles. The number of hydrogen-bond acceptors (Lipinski definition) is 5. The summed E-state index contributed by atoms with van der Waals surface area (Å²) in [6.07, 6.45) is 0. The number of hydrogen-bond donors (Lipinski definition) is 2. The van der Waals surface area contributed by atoms with Crippen LogP contribution in [-0.4, -0.2) is 38.8 Å². The molecule has 1 aliphatic rings. The zero-order valence-electron chi connectivity index (χ0n) is 15.8. The van der Waals surface area contributed by atoms with E-state index in [9.17, 15) is 4.79 Å². The Morgan fingerprint density at radius 3 is 2.63 bits per heavy atom. The van der Waals surface area contributed by atoms with Crippen LogP contribution in [-0.2, 0) is 4.79 Å². The molecule has 1 heterocycles. The first kappa shape index (κ1) is 19.0. The highest BCUT2D eigenvalue weighted by atomic mass is 16.6. The van der Waals surface area contributed by atoms with Gasteiger partial charge in [0.2, 0.25) is 5.91 Å². The van der Waals surface area contributed by atoms with Crippen LogP contribution in [0.15, 0.2) is 42.5 Å². The lowest BCUT2D eigenvalue weighted by molar-refractivity contribution is -0.120. The number of fused-ring (bicyclic) bond motifs is 1. The van der Waals surface area contributed by atoms with Gasteiger partial charge in [0.05, 0.1) is 12.6 Å². The maximum absolute atomic E-state index is 12.1. The highest BCUT2D eigenvalue weighted by Crippen LogP contribution is 2.32. The van der Waals surface area contributed by atoms with Gasteiger partial charge in [-0.25, -0.2) is 0 Å². The van der Waals surface area contributed by atoms with Crippen LogP contribution in [0.5, 0.6) is 17.2 Å². The minimum absolute atomic E-state index is 0.0623. The fourth-order valence-corrected chi connectivity index (χ4v) is 2.78. The molecule has 2 aromatic rings. The summed E-state index contributed by atoms with van der Waals surface area (Å²) < 4.78 is 16.7. The van der Waals surface area contributed by atoms with Gasteiger partial charge in [0.1, 0.15) is 25.6 Å². The van der Waals surface area contributed by atoms with Crippen molar-refractivity contribution in [1.82, 2.24) is 10.6 Å². The zero-order chi connectivity index (χ0) is 19.1. The molecule has 1 amide bonds. The first-order valence-corrected chi connectivity index (χ1v) is 9.21. The molecule has 0 unspecified atom stereocenters. The molecule has 0 bridgehead atoms. The summed E-state index contributed by atoms with van der Waals surface area (Å²) in [6.45, 7) is 6.45. The first-order valence-electron chi connectivity index (χ1n) is 9.21. The molecular weight excluding hydrogens is 344 g/mol. The minimum atomic E-state index is -0.112. The lowest BCUT2D eigenvalue weighted by Gasteiger charge is -2.21. The Morgan fingerprint density at radius 1 is 1.11 bits per heavy atom.